The van der Waals surface area contributed by atoms with Crippen LogP contribution in [0, 0.1) is 40.4 Å². The van der Waals surface area contributed by atoms with Crippen LogP contribution in [0.1, 0.15) is 66.7 Å². The molecule has 8 atom stereocenters. The van der Waals surface area contributed by atoms with E-state index < -0.39 is 23.0 Å². The van der Waals surface area contributed by atoms with E-state index in [0.717, 1.165) is 31.3 Å². The minimum atomic E-state index is -1.11. The van der Waals surface area contributed by atoms with Crippen molar-refractivity contribution in [3.63, 3.8) is 0 Å². The van der Waals surface area contributed by atoms with Crippen LogP contribution in [0.4, 0.5) is 0 Å². The molecule has 5 rings (SSSR count). The molecule has 3 fully saturated rings. The second-order valence-corrected chi connectivity index (χ2v) is 11.1. The second kappa shape index (κ2) is 6.64. The zero-order valence-electron chi connectivity index (χ0n) is 19.5. The number of rotatable bonds is 3. The Kier molecular flexibility index (Phi) is 4.48. The monoisotopic (exact) mass is 440 g/mol. The first-order valence-electron chi connectivity index (χ1n) is 11.8. The fraction of sp³-hybridized carbons (Fsp3) is 0.692. The molecule has 0 N–H and O–H groups in total. The largest absolute Gasteiger partial charge is 0.451 e. The van der Waals surface area contributed by atoms with Crippen molar-refractivity contribution in [1.29, 1.82) is 0 Å². The maximum absolute atomic E-state index is 12.9. The summed E-state index contributed by atoms with van der Waals surface area (Å²) in [5.41, 5.74) is -0.940. The summed E-state index contributed by atoms with van der Waals surface area (Å²) in [6, 6.07) is 0. The summed E-state index contributed by atoms with van der Waals surface area (Å²) in [4.78, 5) is 49.5. The van der Waals surface area contributed by atoms with Crippen LogP contribution in [0.2, 0.25) is 0 Å². The van der Waals surface area contributed by atoms with Crippen LogP contribution in [0.3, 0.4) is 0 Å². The summed E-state index contributed by atoms with van der Waals surface area (Å²) in [5.74, 6) is 0.624. The molecule has 172 valence electrons. The van der Waals surface area contributed by atoms with Gasteiger partial charge in [0.2, 0.25) is 0 Å². The highest BCUT2D eigenvalue weighted by Gasteiger charge is 2.70. The molecule has 0 aromatic carbocycles. The Morgan fingerprint density at radius 3 is 2.28 bits per heavy atom. The topological polar surface area (TPSA) is 86.7 Å². The molecular weight excluding hydrogens is 408 g/mol. The number of fused-ring (bicyclic) bond motifs is 7. The Labute approximate surface area is 188 Å². The minimum Gasteiger partial charge on any atom is -0.451 e. The molecule has 0 aromatic heterocycles. The third kappa shape index (κ3) is 2.58. The van der Waals surface area contributed by atoms with Gasteiger partial charge in [-0.05, 0) is 74.9 Å². The number of ketones is 2. The molecule has 0 aliphatic heterocycles. The van der Waals surface area contributed by atoms with Gasteiger partial charge in [0, 0.05) is 36.2 Å². The van der Waals surface area contributed by atoms with E-state index in [1.807, 2.05) is 6.08 Å². The van der Waals surface area contributed by atoms with Crippen LogP contribution < -0.4 is 0 Å². The van der Waals surface area contributed by atoms with E-state index in [-0.39, 0.29) is 40.7 Å². The maximum atomic E-state index is 12.9. The molecule has 5 aliphatic rings. The van der Waals surface area contributed by atoms with Crippen molar-refractivity contribution in [2.24, 2.45) is 40.4 Å². The molecule has 0 bridgehead atoms. The highest BCUT2D eigenvalue weighted by Crippen LogP contribution is 2.72. The van der Waals surface area contributed by atoms with Crippen molar-refractivity contribution in [2.45, 2.75) is 72.3 Å². The first-order chi connectivity index (χ1) is 15.0. The number of carbonyl (C=O) groups excluding carboxylic acids is 4. The van der Waals surface area contributed by atoms with Gasteiger partial charge in [0.05, 0.1) is 0 Å². The van der Waals surface area contributed by atoms with Crippen LogP contribution in [0.25, 0.3) is 0 Å². The molecule has 0 heterocycles. The van der Waals surface area contributed by atoms with Crippen LogP contribution >= 0.6 is 0 Å². The van der Waals surface area contributed by atoms with Crippen molar-refractivity contribution in [3.05, 3.63) is 23.5 Å². The van der Waals surface area contributed by atoms with Crippen molar-refractivity contribution in [3.8, 4) is 0 Å². The second-order valence-electron chi connectivity index (χ2n) is 11.1. The Morgan fingerprint density at radius 1 is 0.969 bits per heavy atom. The van der Waals surface area contributed by atoms with Gasteiger partial charge in [-0.2, -0.15) is 0 Å². The van der Waals surface area contributed by atoms with Gasteiger partial charge >= 0.3 is 11.9 Å². The molecule has 0 unspecified atom stereocenters. The van der Waals surface area contributed by atoms with Crippen LogP contribution in [0.15, 0.2) is 23.5 Å². The lowest BCUT2D eigenvalue weighted by Crippen LogP contribution is -2.58. The lowest BCUT2D eigenvalue weighted by atomic mass is 9.47. The van der Waals surface area contributed by atoms with E-state index in [0.29, 0.717) is 18.1 Å². The first kappa shape index (κ1) is 21.6. The maximum Gasteiger partial charge on any atom is 0.308 e. The average molecular weight is 441 g/mol. The number of esters is 2. The normalized spacial score (nSPS) is 45.9. The number of allylic oxidation sites excluding steroid dienone is 3. The van der Waals surface area contributed by atoms with Crippen molar-refractivity contribution < 1.29 is 28.7 Å². The third-order valence-corrected chi connectivity index (χ3v) is 9.77. The highest BCUT2D eigenvalue weighted by atomic mass is 16.6. The van der Waals surface area contributed by atoms with Crippen LogP contribution in [-0.2, 0) is 28.7 Å². The van der Waals surface area contributed by atoms with Crippen LogP contribution in [0.5, 0.6) is 0 Å². The fourth-order valence-electron chi connectivity index (χ4n) is 8.29. The summed E-state index contributed by atoms with van der Waals surface area (Å²) in [7, 11) is 0. The van der Waals surface area contributed by atoms with E-state index in [4.69, 9.17) is 9.47 Å². The van der Waals surface area contributed by atoms with Crippen LogP contribution in [-0.4, -0.2) is 29.1 Å². The average Bonchev–Trinajstić information content (AvgIpc) is 3.44. The lowest BCUT2D eigenvalue weighted by molar-refractivity contribution is -0.185. The summed E-state index contributed by atoms with van der Waals surface area (Å²) in [5, 5.41) is 0. The van der Waals surface area contributed by atoms with E-state index >= 15 is 0 Å². The molecule has 5 aliphatic carbocycles. The molecule has 6 nitrogen and oxygen atoms in total. The van der Waals surface area contributed by atoms with Gasteiger partial charge in [0.15, 0.2) is 17.2 Å². The zero-order chi connectivity index (χ0) is 23.2. The summed E-state index contributed by atoms with van der Waals surface area (Å²) >= 11 is 0. The molecule has 0 saturated heterocycles. The lowest BCUT2D eigenvalue weighted by Gasteiger charge is -2.57. The molecular formula is C26H32O6. The van der Waals surface area contributed by atoms with E-state index in [1.54, 1.807) is 6.08 Å². The fourth-order valence-corrected chi connectivity index (χ4v) is 8.29. The summed E-state index contributed by atoms with van der Waals surface area (Å²) in [6.07, 6.45) is 7.62. The Balaban J connectivity index is 1.63. The van der Waals surface area contributed by atoms with Crippen molar-refractivity contribution >= 4 is 23.5 Å². The Bertz CT molecular complexity index is 1010. The predicted molar refractivity (Wildman–Crippen MR) is 115 cm³/mol. The Morgan fingerprint density at radius 2 is 1.66 bits per heavy atom. The molecule has 0 aromatic rings. The minimum absolute atomic E-state index is 0.0790. The van der Waals surface area contributed by atoms with Crippen molar-refractivity contribution in [1.82, 2.24) is 0 Å². The van der Waals surface area contributed by atoms with E-state index in [2.05, 4.69) is 13.8 Å². The molecule has 0 amide bonds. The van der Waals surface area contributed by atoms with E-state index in [1.165, 1.54) is 20.8 Å². The number of Topliss-reactive ketones (excluding diaryl/α,β-unsaturated/α-hetero) is 1. The molecule has 0 radical (unpaired) electrons. The molecule has 0 spiro atoms. The summed E-state index contributed by atoms with van der Waals surface area (Å²) in [6.45, 7) is 8.64. The molecule has 3 saturated carbocycles. The quantitative estimate of drug-likeness (QED) is 0.618. The SMILES string of the molecule is CC(=O)OC1=C[C@@H]2[C@H](CC[C@@]3(C)[C@H]2CC[C@]3(OC(C)=O)C(C)=O)[C@]2(C)C1=CC(=O)[C@@H]1C[C@@H]12. The number of hydrogen-bond acceptors (Lipinski definition) is 6. The summed E-state index contributed by atoms with van der Waals surface area (Å²) < 4.78 is 11.5. The number of ether oxygens (including phenoxy) is 2. The number of hydrogen-bond donors (Lipinski definition) is 0. The van der Waals surface area contributed by atoms with Gasteiger partial charge in [-0.3, -0.25) is 19.2 Å². The zero-order valence-corrected chi connectivity index (χ0v) is 19.5. The Hall–Kier alpha value is -2.24. The van der Waals surface area contributed by atoms with Gasteiger partial charge < -0.3 is 9.47 Å². The molecule has 32 heavy (non-hydrogen) atoms. The van der Waals surface area contributed by atoms with Gasteiger partial charge in [0.25, 0.3) is 0 Å². The van der Waals surface area contributed by atoms with E-state index in [9.17, 15) is 19.2 Å². The van der Waals surface area contributed by atoms with Gasteiger partial charge in [0.1, 0.15) is 5.76 Å². The smallest absolute Gasteiger partial charge is 0.308 e. The van der Waals surface area contributed by atoms with Crippen molar-refractivity contribution in [2.75, 3.05) is 0 Å². The van der Waals surface area contributed by atoms with Gasteiger partial charge in [-0.25, -0.2) is 0 Å². The first-order valence-corrected chi connectivity index (χ1v) is 11.8. The van der Waals surface area contributed by atoms with Gasteiger partial charge in [-0.15, -0.1) is 0 Å². The van der Waals surface area contributed by atoms with Gasteiger partial charge in [-0.1, -0.05) is 13.8 Å². The highest BCUT2D eigenvalue weighted by molar-refractivity contribution is 5.97. The molecule has 6 heteroatoms. The standard InChI is InChI=1S/C26H32O6/c1-13(27)26(32-15(3)29)9-7-18-16-11-23(31-14(2)28)21-12-22(30)17-10-20(17)25(21,5)19(16)6-8-24(18,26)4/h11-12,16-20H,6-10H2,1-5H3/t16-,17+,18-,19-,20-,24-,25-,26-/m0/s1. The third-order valence-electron chi connectivity index (χ3n) is 9.77. The number of carbonyl (C=O) groups is 4. The predicted octanol–water partition coefficient (Wildman–Crippen LogP) is 3.93.